The number of fused-ring (bicyclic) bond motifs is 1. The van der Waals surface area contributed by atoms with Crippen LogP contribution in [0.1, 0.15) is 30.5 Å². The first kappa shape index (κ1) is 17.9. The van der Waals surface area contributed by atoms with E-state index in [0.29, 0.717) is 24.4 Å². The summed E-state index contributed by atoms with van der Waals surface area (Å²) in [7, 11) is 0. The fraction of sp³-hybridized carbons (Fsp3) is 0.286. The van der Waals surface area contributed by atoms with E-state index in [0.717, 1.165) is 27.6 Å². The van der Waals surface area contributed by atoms with Crippen molar-refractivity contribution in [3.63, 3.8) is 0 Å². The summed E-state index contributed by atoms with van der Waals surface area (Å²) in [6, 6.07) is 10.5. The third-order valence-electron chi connectivity index (χ3n) is 4.59. The molecule has 1 heterocycles. The number of carbonyl (C=O) groups is 1. The van der Waals surface area contributed by atoms with Crippen molar-refractivity contribution in [1.29, 1.82) is 0 Å². The van der Waals surface area contributed by atoms with Gasteiger partial charge in [-0.05, 0) is 66.8 Å². The maximum absolute atomic E-state index is 13.5. The second-order valence-corrected chi connectivity index (χ2v) is 7.10. The highest BCUT2D eigenvalue weighted by Crippen LogP contribution is 2.32. The number of hydrogen-bond donors (Lipinski definition) is 0. The van der Waals surface area contributed by atoms with Gasteiger partial charge in [0.05, 0.1) is 12.5 Å². The van der Waals surface area contributed by atoms with Crippen molar-refractivity contribution in [2.45, 2.75) is 26.7 Å². The van der Waals surface area contributed by atoms with Crippen LogP contribution in [0.2, 0.25) is 0 Å². The normalized spacial score (nSPS) is 17.0. The molecule has 0 bridgehead atoms. The molecule has 130 valence electrons. The molecule has 0 radical (unpaired) electrons. The van der Waals surface area contributed by atoms with Crippen molar-refractivity contribution in [2.24, 2.45) is 5.92 Å². The van der Waals surface area contributed by atoms with Gasteiger partial charge >= 0.3 is 0 Å². The summed E-state index contributed by atoms with van der Waals surface area (Å²) in [4.78, 5) is 13.1. The fourth-order valence-electron chi connectivity index (χ4n) is 3.30. The van der Waals surface area contributed by atoms with Gasteiger partial charge in [-0.1, -0.05) is 35.0 Å². The molecule has 1 atom stereocenters. The number of carbonyl (C=O) groups excluding carboxylic acids is 1. The van der Waals surface area contributed by atoms with Crippen LogP contribution in [0.3, 0.4) is 0 Å². The summed E-state index contributed by atoms with van der Waals surface area (Å²) in [5.74, 6) is 0.122. The van der Waals surface area contributed by atoms with Crippen molar-refractivity contribution in [3.05, 3.63) is 69.5 Å². The summed E-state index contributed by atoms with van der Waals surface area (Å²) in [6.45, 7) is 4.28. The van der Waals surface area contributed by atoms with Crippen molar-refractivity contribution < 1.29 is 13.9 Å². The summed E-state index contributed by atoms with van der Waals surface area (Å²) >= 11 is 3.49. The van der Waals surface area contributed by atoms with Crippen molar-refractivity contribution in [1.82, 2.24) is 0 Å². The van der Waals surface area contributed by atoms with Crippen LogP contribution in [0.5, 0.6) is 5.75 Å². The van der Waals surface area contributed by atoms with Gasteiger partial charge in [0.25, 0.3) is 0 Å². The Morgan fingerprint density at radius 2 is 2.12 bits per heavy atom. The van der Waals surface area contributed by atoms with E-state index < -0.39 is 0 Å². The van der Waals surface area contributed by atoms with E-state index in [2.05, 4.69) is 22.9 Å². The van der Waals surface area contributed by atoms with Gasteiger partial charge in [0.2, 0.25) is 0 Å². The number of ether oxygens (including phenoxy) is 1. The zero-order valence-electron chi connectivity index (χ0n) is 14.3. The SMILES string of the molecule is C/C=C(/C(=O)C1COc2ccc(F)cc2C1)c1ccc(Br)cc1CC. The minimum absolute atomic E-state index is 0.0504. The third kappa shape index (κ3) is 3.69. The van der Waals surface area contributed by atoms with Crippen molar-refractivity contribution in [3.8, 4) is 5.75 Å². The highest BCUT2D eigenvalue weighted by atomic mass is 79.9. The van der Waals surface area contributed by atoms with E-state index in [-0.39, 0.29) is 17.5 Å². The molecule has 1 unspecified atom stereocenters. The van der Waals surface area contributed by atoms with Gasteiger partial charge < -0.3 is 4.74 Å². The van der Waals surface area contributed by atoms with E-state index in [4.69, 9.17) is 4.74 Å². The molecule has 0 amide bonds. The molecule has 0 spiro atoms. The Balaban J connectivity index is 1.89. The number of allylic oxidation sites excluding steroid dienone is 2. The lowest BCUT2D eigenvalue weighted by Gasteiger charge is -2.25. The Kier molecular flexibility index (Phi) is 5.38. The van der Waals surface area contributed by atoms with Crippen LogP contribution in [0.4, 0.5) is 4.39 Å². The fourth-order valence-corrected chi connectivity index (χ4v) is 3.71. The van der Waals surface area contributed by atoms with Crippen LogP contribution < -0.4 is 4.74 Å². The van der Waals surface area contributed by atoms with E-state index in [9.17, 15) is 9.18 Å². The molecule has 0 fully saturated rings. The summed E-state index contributed by atoms with van der Waals surface area (Å²) in [6.07, 6.45) is 3.21. The maximum atomic E-state index is 13.5. The Hall–Kier alpha value is -1.94. The lowest BCUT2D eigenvalue weighted by atomic mass is 9.85. The average Bonchev–Trinajstić information content (AvgIpc) is 2.62. The zero-order valence-corrected chi connectivity index (χ0v) is 15.9. The highest BCUT2D eigenvalue weighted by molar-refractivity contribution is 9.10. The van der Waals surface area contributed by atoms with Crippen LogP contribution in [-0.2, 0) is 17.6 Å². The van der Waals surface area contributed by atoms with Crippen LogP contribution in [-0.4, -0.2) is 12.4 Å². The van der Waals surface area contributed by atoms with Gasteiger partial charge in [0.15, 0.2) is 5.78 Å². The van der Waals surface area contributed by atoms with Crippen LogP contribution >= 0.6 is 15.9 Å². The Morgan fingerprint density at radius 1 is 1.32 bits per heavy atom. The molecule has 4 heteroatoms. The quantitative estimate of drug-likeness (QED) is 0.642. The van der Waals surface area contributed by atoms with Crippen molar-refractivity contribution in [2.75, 3.05) is 6.61 Å². The zero-order chi connectivity index (χ0) is 18.0. The van der Waals surface area contributed by atoms with Crippen LogP contribution in [0.25, 0.3) is 5.57 Å². The minimum atomic E-state index is -0.303. The molecule has 0 saturated carbocycles. The number of halogens is 2. The largest absolute Gasteiger partial charge is 0.493 e. The van der Waals surface area contributed by atoms with Crippen molar-refractivity contribution >= 4 is 27.3 Å². The van der Waals surface area contributed by atoms with Gasteiger partial charge in [-0.3, -0.25) is 4.79 Å². The Bertz CT molecular complexity index is 842. The number of aryl methyl sites for hydroxylation is 1. The Labute approximate surface area is 155 Å². The number of rotatable bonds is 4. The monoisotopic (exact) mass is 402 g/mol. The van der Waals surface area contributed by atoms with Gasteiger partial charge in [0, 0.05) is 10.0 Å². The van der Waals surface area contributed by atoms with E-state index in [1.54, 1.807) is 6.07 Å². The first-order valence-electron chi connectivity index (χ1n) is 8.44. The second kappa shape index (κ2) is 7.52. The molecule has 0 aliphatic carbocycles. The lowest BCUT2D eigenvalue weighted by molar-refractivity contribution is -0.118. The molecule has 2 nitrogen and oxygen atoms in total. The lowest BCUT2D eigenvalue weighted by Crippen LogP contribution is -2.29. The predicted molar refractivity (Wildman–Crippen MR) is 101 cm³/mol. The summed E-state index contributed by atoms with van der Waals surface area (Å²) < 4.78 is 20.2. The van der Waals surface area contributed by atoms with Crippen LogP contribution in [0.15, 0.2) is 46.9 Å². The number of hydrogen-bond acceptors (Lipinski definition) is 2. The average molecular weight is 403 g/mol. The summed E-state index contributed by atoms with van der Waals surface area (Å²) in [5.41, 5.74) is 3.55. The summed E-state index contributed by atoms with van der Waals surface area (Å²) in [5, 5.41) is 0. The predicted octanol–water partition coefficient (Wildman–Crippen LogP) is 5.37. The Morgan fingerprint density at radius 3 is 2.84 bits per heavy atom. The second-order valence-electron chi connectivity index (χ2n) is 6.19. The minimum Gasteiger partial charge on any atom is -0.493 e. The van der Waals surface area contributed by atoms with Gasteiger partial charge in [-0.2, -0.15) is 0 Å². The van der Waals surface area contributed by atoms with E-state index in [1.807, 2.05) is 31.2 Å². The van der Waals surface area contributed by atoms with E-state index >= 15 is 0 Å². The number of Topliss-reactive ketones (excluding diaryl/α,β-unsaturated/α-hetero) is 1. The molecule has 0 aromatic heterocycles. The first-order valence-corrected chi connectivity index (χ1v) is 9.23. The molecule has 2 aromatic rings. The molecular weight excluding hydrogens is 383 g/mol. The van der Waals surface area contributed by atoms with Crippen LogP contribution in [0, 0.1) is 11.7 Å². The smallest absolute Gasteiger partial charge is 0.169 e. The molecule has 1 aliphatic heterocycles. The molecule has 2 aromatic carbocycles. The van der Waals surface area contributed by atoms with E-state index in [1.165, 1.54) is 12.1 Å². The topological polar surface area (TPSA) is 26.3 Å². The number of ketones is 1. The molecule has 1 aliphatic rings. The highest BCUT2D eigenvalue weighted by Gasteiger charge is 2.29. The molecule has 25 heavy (non-hydrogen) atoms. The first-order chi connectivity index (χ1) is 12.0. The number of benzene rings is 2. The maximum Gasteiger partial charge on any atom is 0.169 e. The molecule has 0 N–H and O–H groups in total. The molecule has 3 rings (SSSR count). The van der Waals surface area contributed by atoms with Gasteiger partial charge in [-0.25, -0.2) is 4.39 Å². The molecule has 0 saturated heterocycles. The standard InChI is InChI=1S/C21H20BrFO2/c1-3-13-10-16(22)5-7-19(13)18(4-2)21(24)15-9-14-11-17(23)6-8-20(14)25-12-15/h4-8,10-11,15H,3,9,12H2,1-2H3/b18-4+. The third-order valence-corrected chi connectivity index (χ3v) is 5.09. The molecular formula is C21H20BrFO2. The van der Waals surface area contributed by atoms with Gasteiger partial charge in [-0.15, -0.1) is 0 Å². The van der Waals surface area contributed by atoms with Gasteiger partial charge in [0.1, 0.15) is 11.6 Å².